The normalized spacial score (nSPS) is 25.0. The van der Waals surface area contributed by atoms with Crippen molar-refractivity contribution < 1.29 is 46.1 Å². The highest BCUT2D eigenvalue weighted by Crippen LogP contribution is 2.55. The van der Waals surface area contributed by atoms with Gasteiger partial charge in [0.15, 0.2) is 11.2 Å². The molecule has 0 radical (unpaired) electrons. The molecule has 4 aromatic rings. The Morgan fingerprint density at radius 2 is 0.905 bits per heavy atom. The number of aliphatic hydroxyl groups is 2. The van der Waals surface area contributed by atoms with E-state index in [1.807, 2.05) is 88.4 Å². The van der Waals surface area contributed by atoms with Crippen LogP contribution in [-0.2, 0) is 9.59 Å². The predicted molar refractivity (Wildman–Crippen MR) is 286 cm³/mol. The fourth-order valence-corrected chi connectivity index (χ4v) is 11.5. The molecule has 0 saturated carbocycles. The number of rotatable bonds is 18. The van der Waals surface area contributed by atoms with Crippen molar-refractivity contribution in [1.82, 2.24) is 9.80 Å². The summed E-state index contributed by atoms with van der Waals surface area (Å²) in [5.74, 6) is -0.632. The smallest absolute Gasteiger partial charge is 0.381 e. The number of hydrogen-bond acceptors (Lipinski definition) is 4. The first-order valence-corrected chi connectivity index (χ1v) is 26.5. The van der Waals surface area contributed by atoms with Gasteiger partial charge in [0.1, 0.15) is 0 Å². The van der Waals surface area contributed by atoms with E-state index in [4.69, 9.17) is 46.4 Å². The number of hydrogen-bond donors (Lipinski definition) is 2. The summed E-state index contributed by atoms with van der Waals surface area (Å²) >= 11 is 25.1. The van der Waals surface area contributed by atoms with Crippen LogP contribution in [0.3, 0.4) is 0 Å². The summed E-state index contributed by atoms with van der Waals surface area (Å²) in [6.07, 6.45) is -4.46. The Balaban J connectivity index is 0.000000274. The van der Waals surface area contributed by atoms with Gasteiger partial charge in [-0.15, -0.1) is 13.2 Å². The van der Waals surface area contributed by atoms with E-state index >= 15 is 0 Å². The van der Waals surface area contributed by atoms with Crippen molar-refractivity contribution in [2.24, 2.45) is 10.8 Å². The molecular formula is C58H68Cl4F6N2O4. The Morgan fingerprint density at radius 3 is 1.18 bits per heavy atom. The monoisotopic (exact) mass is 1110 g/mol. The molecule has 0 aromatic heterocycles. The lowest BCUT2D eigenvalue weighted by atomic mass is 9.67. The summed E-state index contributed by atoms with van der Waals surface area (Å²) < 4.78 is 80.8. The van der Waals surface area contributed by atoms with Gasteiger partial charge >= 0.3 is 12.4 Å². The molecule has 0 aliphatic carbocycles. The van der Waals surface area contributed by atoms with E-state index in [0.29, 0.717) is 58.6 Å². The van der Waals surface area contributed by atoms with Gasteiger partial charge in [-0.1, -0.05) is 135 Å². The van der Waals surface area contributed by atoms with Crippen LogP contribution in [0.4, 0.5) is 26.3 Å². The molecule has 0 unspecified atom stereocenters. The van der Waals surface area contributed by atoms with Crippen molar-refractivity contribution in [1.29, 1.82) is 0 Å². The first-order valence-electron chi connectivity index (χ1n) is 25.0. The fourth-order valence-electron chi connectivity index (χ4n) is 10.8. The van der Waals surface area contributed by atoms with Crippen LogP contribution in [0.1, 0.15) is 152 Å². The molecule has 2 aliphatic heterocycles. The highest BCUT2D eigenvalue weighted by atomic mass is 35.5. The van der Waals surface area contributed by atoms with Crippen molar-refractivity contribution in [2.45, 2.75) is 165 Å². The van der Waals surface area contributed by atoms with Crippen molar-refractivity contribution >= 4 is 58.2 Å². The average Bonchev–Trinajstić information content (AvgIpc) is 3.32. The van der Waals surface area contributed by atoms with Crippen LogP contribution in [0.5, 0.6) is 0 Å². The maximum atomic E-state index is 14.2. The zero-order valence-corrected chi connectivity index (χ0v) is 45.8. The first-order chi connectivity index (χ1) is 34.5. The molecule has 6 rings (SSSR count). The number of allylic oxidation sites excluding steroid dienone is 2. The number of piperidine rings is 2. The van der Waals surface area contributed by atoms with Crippen molar-refractivity contribution in [3.8, 4) is 0 Å². The van der Waals surface area contributed by atoms with Crippen LogP contribution >= 0.6 is 46.4 Å². The van der Waals surface area contributed by atoms with Crippen LogP contribution in [0.15, 0.2) is 122 Å². The van der Waals surface area contributed by atoms with Crippen LogP contribution in [0.25, 0.3) is 0 Å². The van der Waals surface area contributed by atoms with Gasteiger partial charge in [0.2, 0.25) is 11.8 Å². The van der Waals surface area contributed by atoms with Gasteiger partial charge < -0.3 is 20.0 Å². The van der Waals surface area contributed by atoms with Crippen LogP contribution in [0, 0.1) is 10.8 Å². The molecule has 6 nitrogen and oxygen atoms in total. The molecule has 10 atom stereocenters. The molecule has 74 heavy (non-hydrogen) atoms. The van der Waals surface area contributed by atoms with Gasteiger partial charge in [-0.25, -0.2) is 0 Å². The zero-order chi connectivity index (χ0) is 55.2. The number of carbonyl (C=O) groups excluding carboxylic acids is 2. The predicted octanol–water partition coefficient (Wildman–Crippen LogP) is 17.0. The highest BCUT2D eigenvalue weighted by Gasteiger charge is 2.55. The van der Waals surface area contributed by atoms with Crippen molar-refractivity contribution in [2.75, 3.05) is 0 Å². The molecule has 16 heteroatoms. The second-order valence-corrected chi connectivity index (χ2v) is 22.7. The Hall–Kier alpha value is -4.04. The molecule has 2 N–H and O–H groups in total. The first kappa shape index (κ1) is 60.8. The summed E-state index contributed by atoms with van der Waals surface area (Å²) in [7, 11) is 0. The van der Waals surface area contributed by atoms with Crippen molar-refractivity contribution in [3.05, 3.63) is 165 Å². The lowest BCUT2D eigenvalue weighted by Gasteiger charge is -2.52. The topological polar surface area (TPSA) is 81.1 Å². The van der Waals surface area contributed by atoms with Gasteiger partial charge in [-0.2, -0.15) is 26.3 Å². The summed E-state index contributed by atoms with van der Waals surface area (Å²) in [5.41, 5.74) is -3.77. The third kappa shape index (κ3) is 13.9. The van der Waals surface area contributed by atoms with Gasteiger partial charge in [-0.05, 0) is 149 Å². The number of carbonyl (C=O) groups is 2. The summed E-state index contributed by atoms with van der Waals surface area (Å²) in [6, 6.07) is 27.5. The van der Waals surface area contributed by atoms with Gasteiger partial charge in [0, 0.05) is 44.0 Å². The van der Waals surface area contributed by atoms with Gasteiger partial charge in [0.05, 0.1) is 22.9 Å². The maximum absolute atomic E-state index is 14.2. The minimum Gasteiger partial charge on any atom is -0.381 e. The van der Waals surface area contributed by atoms with E-state index in [1.54, 1.807) is 58.4 Å². The van der Waals surface area contributed by atoms with E-state index in [-0.39, 0.29) is 36.5 Å². The number of amides is 2. The largest absolute Gasteiger partial charge is 0.416 e. The number of benzene rings is 4. The standard InChI is InChI=1S/2C29H34Cl2F3NO2/c2*1-5-15-27(3)18-24(20-8-7-9-22(31)17-20)25(19-10-12-21(30)13-11-19)35(26(27)36)23(6-2)14-16-28(4,37)29(32,33)34/h2*5,7-13,17,23-25,37H,1,6,14-16,18H2,2-4H3/t23-,24+,25+,27-,28+;23-,24+,25+,27-,28-/m00/s1. The molecule has 404 valence electrons. The number of alkyl halides is 6. The lowest BCUT2D eigenvalue weighted by molar-refractivity contribution is -0.256. The molecule has 2 fully saturated rings. The van der Waals surface area contributed by atoms with E-state index in [0.717, 1.165) is 36.1 Å². The van der Waals surface area contributed by atoms with Crippen LogP contribution in [-0.4, -0.2) is 67.5 Å². The second kappa shape index (κ2) is 24.5. The SMILES string of the molecule is C=CC[C@@]1(C)C[C@H](c2cccc(Cl)c2)[C@@H](c2ccc(Cl)cc2)N([C@@H](CC)CC[C@@](C)(O)C(F)(F)F)C1=O.C=CC[C@@]1(C)C[C@H](c2cccc(Cl)c2)[C@@H](c2ccc(Cl)cc2)N([C@@H](CC)CC[C@](C)(O)C(F)(F)F)C1=O. The van der Waals surface area contributed by atoms with Gasteiger partial charge in [0.25, 0.3) is 0 Å². The lowest BCUT2D eigenvalue weighted by Crippen LogP contribution is -2.56. The van der Waals surface area contributed by atoms with Crippen LogP contribution < -0.4 is 0 Å². The Labute approximate surface area is 452 Å². The third-order valence-electron chi connectivity index (χ3n) is 15.2. The van der Waals surface area contributed by atoms with E-state index in [9.17, 15) is 46.1 Å². The molecular weight excluding hydrogens is 1040 g/mol. The van der Waals surface area contributed by atoms with E-state index in [2.05, 4.69) is 13.2 Å². The van der Waals surface area contributed by atoms with E-state index < -0.39 is 71.4 Å². The molecule has 0 bridgehead atoms. The highest BCUT2D eigenvalue weighted by molar-refractivity contribution is 6.31. The molecule has 0 spiro atoms. The molecule has 2 heterocycles. The second-order valence-electron chi connectivity index (χ2n) is 21.0. The zero-order valence-electron chi connectivity index (χ0n) is 42.7. The summed E-state index contributed by atoms with van der Waals surface area (Å²) in [4.78, 5) is 31.9. The maximum Gasteiger partial charge on any atom is 0.416 e. The van der Waals surface area contributed by atoms with Gasteiger partial charge in [-0.3, -0.25) is 9.59 Å². The quantitative estimate of drug-likeness (QED) is 0.0768. The molecule has 4 aromatic carbocycles. The number of halogens is 10. The van der Waals surface area contributed by atoms with Crippen LogP contribution in [0.2, 0.25) is 20.1 Å². The molecule has 2 aliphatic rings. The summed E-state index contributed by atoms with van der Waals surface area (Å²) in [6.45, 7) is 16.8. The average molecular weight is 1110 g/mol. The number of nitrogens with zero attached hydrogens (tertiary/aromatic N) is 2. The molecule has 2 saturated heterocycles. The Kier molecular flexibility index (Phi) is 20.2. The van der Waals surface area contributed by atoms with E-state index in [1.165, 1.54) is 0 Å². The molecule has 2 amide bonds. The number of likely N-dealkylation sites (tertiary alicyclic amines) is 2. The minimum absolute atomic E-state index is 0.00866. The van der Waals surface area contributed by atoms with Crippen molar-refractivity contribution in [3.63, 3.8) is 0 Å². The Morgan fingerprint density at radius 1 is 0.581 bits per heavy atom. The summed E-state index contributed by atoms with van der Waals surface area (Å²) in [5, 5.41) is 22.5. The fraction of sp³-hybridized carbons (Fsp3) is 0.483. The third-order valence-corrected chi connectivity index (χ3v) is 16.2. The minimum atomic E-state index is -4.77. The Bertz CT molecular complexity index is 2380.